The SMILES string of the molecule is OC(F)(F)C(F)(F)C(F)(F)C(F)(F)C(F)(F)OC(F)(F)C(F)(F)C(F)(F)OC(F)(F)C(F)(Cl)C(F)(F)F. The molecule has 3 nitrogen and oxygen atoms in total. The van der Waals surface area contributed by atoms with Crippen molar-refractivity contribution < 1.29 is 111 Å². The molecule has 0 rings (SSSR count). The van der Waals surface area contributed by atoms with Crippen LogP contribution in [-0.2, 0) is 9.47 Å². The lowest BCUT2D eigenvalue weighted by atomic mass is 10.0. The Balaban J connectivity index is 6.52. The molecule has 0 spiro atoms. The number of hydrogen-bond acceptors (Lipinski definition) is 3. The molecule has 0 heterocycles. The fraction of sp³-hybridized carbons (Fsp3) is 1.00. The van der Waals surface area contributed by atoms with E-state index in [2.05, 4.69) is 11.6 Å². The highest BCUT2D eigenvalue weighted by molar-refractivity contribution is 6.24. The van der Waals surface area contributed by atoms with Gasteiger partial charge in [-0.1, -0.05) is 11.6 Å². The Hall–Kier alpha value is -1.37. The summed E-state index contributed by atoms with van der Waals surface area (Å²) in [6.07, 6.45) is -47.3. The van der Waals surface area contributed by atoms with E-state index in [1.165, 1.54) is 4.74 Å². The van der Waals surface area contributed by atoms with E-state index in [1.807, 2.05) is 0 Å². The van der Waals surface area contributed by atoms with Gasteiger partial charge in [-0.15, -0.1) is 0 Å². The molecule has 26 heteroatoms. The first-order valence-corrected chi connectivity index (χ1v) is 7.76. The molecule has 224 valence electrons. The summed E-state index contributed by atoms with van der Waals surface area (Å²) in [5.74, 6) is -33.7. The van der Waals surface area contributed by atoms with Gasteiger partial charge < -0.3 is 5.11 Å². The molecular weight excluding hydrogens is 634 g/mol. The molecule has 0 saturated heterocycles. The van der Waals surface area contributed by atoms with E-state index in [1.54, 1.807) is 0 Å². The number of aliphatic hydroxyl groups is 1. The van der Waals surface area contributed by atoms with Crippen LogP contribution < -0.4 is 0 Å². The molecule has 0 saturated carbocycles. The molecule has 0 radical (unpaired) electrons. The first-order chi connectivity index (χ1) is 15.4. The van der Waals surface area contributed by atoms with Gasteiger partial charge in [0, 0.05) is 0 Å². The van der Waals surface area contributed by atoms with Gasteiger partial charge in [-0.25, -0.2) is 13.9 Å². The molecule has 1 unspecified atom stereocenters. The van der Waals surface area contributed by atoms with Gasteiger partial charge >= 0.3 is 65.5 Å². The second-order valence-corrected chi connectivity index (χ2v) is 6.70. The summed E-state index contributed by atoms with van der Waals surface area (Å²) in [5, 5.41) is 0.447. The molecule has 1 atom stereocenters. The van der Waals surface area contributed by atoms with E-state index < -0.39 is 65.5 Å². The maximum absolute atomic E-state index is 13.2. The van der Waals surface area contributed by atoms with Gasteiger partial charge in [-0.2, -0.15) is 92.2 Å². The lowest BCUT2D eigenvalue weighted by molar-refractivity contribution is -0.543. The molecule has 0 bridgehead atoms. The quantitative estimate of drug-likeness (QED) is 0.197. The highest BCUT2D eigenvalue weighted by atomic mass is 35.5. The van der Waals surface area contributed by atoms with Crippen LogP contribution in [-0.4, -0.2) is 70.6 Å². The molecule has 0 amide bonds. The molecular formula is C11HClF22O3. The molecule has 0 aromatic rings. The van der Waals surface area contributed by atoms with Crippen LogP contribution in [0.15, 0.2) is 0 Å². The molecule has 1 N–H and O–H groups in total. The average molecular weight is 635 g/mol. The number of hydrogen-bond donors (Lipinski definition) is 1. The first kappa shape index (κ1) is 35.6. The Kier molecular flexibility index (Phi) is 8.50. The molecule has 0 aliphatic heterocycles. The van der Waals surface area contributed by atoms with Crippen molar-refractivity contribution in [3.05, 3.63) is 0 Å². The van der Waals surface area contributed by atoms with Crippen LogP contribution in [0.1, 0.15) is 0 Å². The first-order valence-electron chi connectivity index (χ1n) is 7.39. The molecule has 0 aliphatic rings. The van der Waals surface area contributed by atoms with E-state index in [9.17, 15) is 96.6 Å². The predicted octanol–water partition coefficient (Wildman–Crippen LogP) is 6.98. The normalized spacial score (nSPS) is 18.2. The second kappa shape index (κ2) is 8.82. The van der Waals surface area contributed by atoms with Crippen molar-refractivity contribution in [1.82, 2.24) is 0 Å². The largest absolute Gasteiger partial charge is 0.446 e. The second-order valence-electron chi connectivity index (χ2n) is 6.18. The Morgan fingerprint density at radius 2 is 0.649 bits per heavy atom. The summed E-state index contributed by atoms with van der Waals surface area (Å²) < 4.78 is 284. The van der Waals surface area contributed by atoms with Gasteiger partial charge in [0.1, 0.15) is 0 Å². The topological polar surface area (TPSA) is 38.7 Å². The Bertz CT molecular complexity index is 825. The summed E-state index contributed by atoms with van der Waals surface area (Å²) in [6.45, 7) is 0. The zero-order valence-electron chi connectivity index (χ0n) is 15.5. The zero-order valence-corrected chi connectivity index (χ0v) is 16.2. The summed E-state index contributed by atoms with van der Waals surface area (Å²) in [4.78, 5) is 0. The van der Waals surface area contributed by atoms with Gasteiger partial charge in [0.2, 0.25) is 0 Å². The van der Waals surface area contributed by atoms with E-state index in [0.29, 0.717) is 0 Å². The number of halogens is 23. The van der Waals surface area contributed by atoms with Crippen molar-refractivity contribution >= 4 is 11.6 Å². The average Bonchev–Trinajstić information content (AvgIpc) is 2.56. The van der Waals surface area contributed by atoms with E-state index >= 15 is 0 Å². The maximum atomic E-state index is 13.2. The van der Waals surface area contributed by atoms with Crippen molar-refractivity contribution in [3.63, 3.8) is 0 Å². The molecule has 0 aromatic heterocycles. The van der Waals surface area contributed by atoms with Crippen LogP contribution >= 0.6 is 11.6 Å². The summed E-state index contributed by atoms with van der Waals surface area (Å²) in [7, 11) is 0. The highest BCUT2D eigenvalue weighted by Gasteiger charge is 2.90. The van der Waals surface area contributed by atoms with Crippen LogP contribution in [0, 0.1) is 0 Å². The van der Waals surface area contributed by atoms with Crippen LogP contribution in [0.2, 0.25) is 0 Å². The maximum Gasteiger partial charge on any atom is 0.446 e. The standard InChI is InChI=1S/C11HClF22O3/c12-1(13,6(22,23)24)8(27,28)36-10(31,32)5(20,21)11(33,34)37-9(29,30)4(18,19)2(14,15)3(16,17)7(25,26)35/h35H. The lowest BCUT2D eigenvalue weighted by Gasteiger charge is -2.40. The monoisotopic (exact) mass is 634 g/mol. The number of ether oxygens (including phenoxy) is 2. The molecule has 0 aromatic carbocycles. The van der Waals surface area contributed by atoms with E-state index in [4.69, 9.17) is 5.11 Å². The lowest BCUT2D eigenvalue weighted by Crippen LogP contribution is -2.70. The molecule has 0 aliphatic carbocycles. The van der Waals surface area contributed by atoms with Crippen molar-refractivity contribution in [2.45, 2.75) is 65.5 Å². The third-order valence-corrected chi connectivity index (χ3v) is 3.93. The summed E-state index contributed by atoms with van der Waals surface area (Å²) in [5.41, 5.74) is 0. The van der Waals surface area contributed by atoms with Crippen LogP contribution in [0.5, 0.6) is 0 Å². The Morgan fingerprint density at radius 3 is 0.919 bits per heavy atom. The van der Waals surface area contributed by atoms with Crippen LogP contribution in [0.4, 0.5) is 96.6 Å². The van der Waals surface area contributed by atoms with E-state index in [-0.39, 0.29) is 0 Å². The molecule has 0 fully saturated rings. The zero-order chi connectivity index (χ0) is 30.9. The Morgan fingerprint density at radius 1 is 0.378 bits per heavy atom. The smallest absolute Gasteiger partial charge is 0.331 e. The van der Waals surface area contributed by atoms with Gasteiger partial charge in [0.05, 0.1) is 0 Å². The molecule has 37 heavy (non-hydrogen) atoms. The highest BCUT2D eigenvalue weighted by Crippen LogP contribution is 2.60. The predicted molar refractivity (Wildman–Crippen MR) is 64.7 cm³/mol. The van der Waals surface area contributed by atoms with Crippen molar-refractivity contribution in [2.24, 2.45) is 0 Å². The van der Waals surface area contributed by atoms with Crippen molar-refractivity contribution in [3.8, 4) is 0 Å². The van der Waals surface area contributed by atoms with Crippen molar-refractivity contribution in [2.75, 3.05) is 0 Å². The third kappa shape index (κ3) is 5.40. The summed E-state index contributed by atoms with van der Waals surface area (Å²) >= 11 is 3.45. The minimum Gasteiger partial charge on any atom is -0.331 e. The van der Waals surface area contributed by atoms with Crippen molar-refractivity contribution in [1.29, 1.82) is 0 Å². The van der Waals surface area contributed by atoms with Gasteiger partial charge in [0.15, 0.2) is 0 Å². The van der Waals surface area contributed by atoms with Gasteiger partial charge in [-0.3, -0.25) is 0 Å². The van der Waals surface area contributed by atoms with Gasteiger partial charge in [0.25, 0.3) is 0 Å². The fourth-order valence-corrected chi connectivity index (χ4v) is 1.52. The van der Waals surface area contributed by atoms with Crippen LogP contribution in [0.3, 0.4) is 0 Å². The number of rotatable bonds is 11. The third-order valence-electron chi connectivity index (χ3n) is 3.50. The van der Waals surface area contributed by atoms with Crippen LogP contribution in [0.25, 0.3) is 0 Å². The fourth-order valence-electron chi connectivity index (χ4n) is 1.48. The van der Waals surface area contributed by atoms with Gasteiger partial charge in [-0.05, 0) is 0 Å². The van der Waals surface area contributed by atoms with E-state index in [0.717, 1.165) is 4.74 Å². The number of alkyl halides is 23. The minimum absolute atomic E-state index is 0.942. The minimum atomic E-state index is -8.62. The Labute approximate surface area is 189 Å². The summed E-state index contributed by atoms with van der Waals surface area (Å²) in [6, 6.07) is 0.